The first-order chi connectivity index (χ1) is 58.6. The van der Waals surface area contributed by atoms with Gasteiger partial charge >= 0.3 is 0 Å². The van der Waals surface area contributed by atoms with Crippen molar-refractivity contribution in [1.29, 1.82) is 0 Å². The van der Waals surface area contributed by atoms with Crippen LogP contribution in [0.4, 0.5) is 5.95 Å². The molecule has 121 heavy (non-hydrogen) atoms. The molecule has 11 amide bonds. The number of pyridine rings is 1. The monoisotopic (exact) mass is 1660 g/mol. The number of hydrogen-bond donors (Lipinski definition) is 17. The summed E-state index contributed by atoms with van der Waals surface area (Å²) in [4.78, 5) is 179. The SMILES string of the molecule is Nc1nc(OCc2ccc(CNC(=O)c3ccc(CNC(=O)CCCCCCC(=O)NCCCCC4CN5CCNC(=O)c6cccc(c6O)C(=O)NCCN(CCNC(=O)c6cccc(c6O)C(=O)N4)CCN4CCNC(=O)c6cccc(c6O)C(=O)NCCN(CCNC(=O)c6cccc(c6O)C(=O)NCC4)CC5)nc3)cc2)c2nc[nH]c2n1. The van der Waals surface area contributed by atoms with E-state index >= 15 is 0 Å². The van der Waals surface area contributed by atoms with Crippen LogP contribution in [-0.2, 0) is 29.3 Å². The Bertz CT molecular complexity index is 4900. The van der Waals surface area contributed by atoms with Gasteiger partial charge in [-0.25, -0.2) is 4.98 Å². The molecule has 12 bridgehead atoms. The predicted octanol–water partition coefficient (Wildman–Crippen LogP) is 2.16. The van der Waals surface area contributed by atoms with Crippen molar-refractivity contribution in [1.82, 2.24) is 103 Å². The Balaban J connectivity index is 0.732. The molecule has 8 aromatic rings. The van der Waals surface area contributed by atoms with Crippen molar-refractivity contribution >= 4 is 82.1 Å². The molecule has 640 valence electrons. The highest BCUT2D eigenvalue weighted by molar-refractivity contribution is 6.07. The third-order valence-corrected chi connectivity index (χ3v) is 20.9. The van der Waals surface area contributed by atoms with E-state index in [-0.39, 0.29) is 237 Å². The molecule has 3 atom stereocenters. The Morgan fingerprint density at radius 2 is 0.835 bits per heavy atom. The van der Waals surface area contributed by atoms with Crippen molar-refractivity contribution in [2.75, 3.05) is 137 Å². The summed E-state index contributed by atoms with van der Waals surface area (Å²) in [5.41, 5.74) is 7.95. The van der Waals surface area contributed by atoms with Gasteiger partial charge in [-0.15, -0.1) is 0 Å². The van der Waals surface area contributed by atoms with Crippen molar-refractivity contribution < 1.29 is 77.9 Å². The number of carbonyl (C=O) groups is 11. The number of unbranched alkanes of at least 4 members (excludes halogenated alkanes) is 4. The second-order valence-electron chi connectivity index (χ2n) is 29.4. The van der Waals surface area contributed by atoms with E-state index in [2.05, 4.69) is 83.4 Å². The highest BCUT2D eigenvalue weighted by atomic mass is 16.5. The number of H-pyrrole nitrogens is 1. The number of amides is 11. The van der Waals surface area contributed by atoms with Gasteiger partial charge in [0.25, 0.3) is 53.2 Å². The lowest BCUT2D eigenvalue weighted by molar-refractivity contribution is -0.122. The standard InChI is InChI=1S/C84H103N21O16/c85-84-100-73-68(97-52-98-73)83(101-84)121-51-54-24-22-53(23-25-54)47-96-74(112)55-26-27-56(94-48-55)49-95-67(107)21-4-2-1-3-20-66(106)86-28-6-5-11-57-50-105-42-35-93-80(118)63-17-9-16-62(71(63)110)77(115)89-31-38-103(39-32-92-81(119)64-18-10-19-65(72(64)111)82(120)99-57)44-43-102-36-29-87-75(113)58-12-7-14-60(69(58)108)78(116)90-33-40-104(45-46-105)41-34-91-79(117)61-15-8-13-59(70(61)109)76(114)88-30-37-102/h7-10,12-19,22-27,48,52,57,108-111H,1-6,11,20-21,28-47,49-51H2,(H,86,106)(H,87,113)(H,88,114)(H,89,115)(H,90,116)(H,91,117)(H,92,119)(H,93,118)(H,95,107)(H,96,112)(H,99,120)(H3,85,97,98,100,101). The number of imidazole rings is 1. The molecule has 18 N–H and O–H groups in total. The van der Waals surface area contributed by atoms with Crippen molar-refractivity contribution in [3.63, 3.8) is 0 Å². The summed E-state index contributed by atoms with van der Waals surface area (Å²) in [5.74, 6) is -8.15. The molecule has 3 aromatic heterocycles. The van der Waals surface area contributed by atoms with Crippen molar-refractivity contribution in [3.05, 3.63) is 189 Å². The minimum atomic E-state index is -0.733. The van der Waals surface area contributed by atoms with Gasteiger partial charge in [-0.3, -0.25) is 77.3 Å². The number of aromatic nitrogens is 5. The minimum absolute atomic E-state index is 0.00530. The van der Waals surface area contributed by atoms with Crippen LogP contribution in [0, 0.1) is 0 Å². The Kier molecular flexibility index (Phi) is 32.5. The number of fused-ring (bicyclic) bond motifs is 17. The number of nitrogen functional groups attached to an aromatic ring is 1. The highest BCUT2D eigenvalue weighted by Crippen LogP contribution is 2.28. The maximum absolute atomic E-state index is 14.7. The lowest BCUT2D eigenvalue weighted by Gasteiger charge is -2.31. The zero-order valence-electron chi connectivity index (χ0n) is 67.1. The van der Waals surface area contributed by atoms with Crippen LogP contribution in [0.2, 0.25) is 0 Å². The summed E-state index contributed by atoms with van der Waals surface area (Å²) in [6, 6.07) is 27.0. The number of nitrogens with one attached hydrogen (secondary N) is 12. The number of benzene rings is 5. The minimum Gasteiger partial charge on any atom is -0.506 e. The Hall–Kier alpha value is -13.4. The Morgan fingerprint density at radius 1 is 0.430 bits per heavy atom. The van der Waals surface area contributed by atoms with Crippen molar-refractivity contribution in [3.8, 4) is 28.9 Å². The van der Waals surface area contributed by atoms with E-state index < -0.39 is 76.3 Å². The number of anilines is 1. The second kappa shape index (κ2) is 44.4. The number of carbonyl (C=O) groups excluding carboxylic acids is 11. The topological polar surface area (TPSA) is 517 Å². The van der Waals surface area contributed by atoms with Crippen LogP contribution in [0.25, 0.3) is 11.2 Å². The second-order valence-corrected chi connectivity index (χ2v) is 29.4. The smallest absolute Gasteiger partial charge is 0.255 e. The first kappa shape index (κ1) is 88.4. The van der Waals surface area contributed by atoms with Crippen LogP contribution in [0.15, 0.2) is 122 Å². The molecule has 0 aliphatic carbocycles. The summed E-state index contributed by atoms with van der Waals surface area (Å²) >= 11 is 0. The zero-order chi connectivity index (χ0) is 85.6. The van der Waals surface area contributed by atoms with Crippen LogP contribution in [-0.4, -0.2) is 267 Å². The van der Waals surface area contributed by atoms with Gasteiger partial charge in [0.2, 0.25) is 23.6 Å². The molecule has 37 nitrogen and oxygen atoms in total. The van der Waals surface area contributed by atoms with Gasteiger partial charge in [-0.2, -0.15) is 9.97 Å². The van der Waals surface area contributed by atoms with Crippen LogP contribution < -0.4 is 69.0 Å². The largest absolute Gasteiger partial charge is 0.506 e. The molecular weight excluding hydrogens is 1560 g/mol. The van der Waals surface area contributed by atoms with Gasteiger partial charge in [0.1, 0.15) is 29.6 Å². The molecule has 0 radical (unpaired) electrons. The third-order valence-electron chi connectivity index (χ3n) is 20.9. The summed E-state index contributed by atoms with van der Waals surface area (Å²) in [6.07, 6.45) is 7.17. The average molecular weight is 1660 g/mol. The van der Waals surface area contributed by atoms with Crippen LogP contribution >= 0.6 is 0 Å². The molecule has 12 rings (SSSR count). The van der Waals surface area contributed by atoms with E-state index in [4.69, 9.17) is 10.5 Å². The molecule has 3 unspecified atom stereocenters. The van der Waals surface area contributed by atoms with E-state index in [0.29, 0.717) is 67.4 Å². The number of phenols is 4. The van der Waals surface area contributed by atoms with Gasteiger partial charge < -0.3 is 94.4 Å². The summed E-state index contributed by atoms with van der Waals surface area (Å²) in [6.45, 7) is 2.47. The number of aromatic amines is 1. The number of nitrogens with zero attached hydrogens (tertiary/aromatic N) is 8. The number of rotatable bonds is 20. The third kappa shape index (κ3) is 25.8. The lowest BCUT2D eigenvalue weighted by atomic mass is 10.0. The fourth-order valence-corrected chi connectivity index (χ4v) is 14.1. The molecule has 4 aliphatic heterocycles. The Morgan fingerprint density at radius 3 is 1.26 bits per heavy atom. The van der Waals surface area contributed by atoms with E-state index in [1.165, 1.54) is 85.3 Å². The van der Waals surface area contributed by atoms with Gasteiger partial charge in [0.15, 0.2) is 11.2 Å². The predicted molar refractivity (Wildman–Crippen MR) is 444 cm³/mol. The normalized spacial score (nSPS) is 18.6. The van der Waals surface area contributed by atoms with Crippen LogP contribution in [0.5, 0.6) is 28.9 Å². The highest BCUT2D eigenvalue weighted by Gasteiger charge is 2.28. The number of phenolic OH excluding ortho intramolecular Hbond substituents is 4. The van der Waals surface area contributed by atoms with Crippen LogP contribution in [0.1, 0.15) is 168 Å². The fourth-order valence-electron chi connectivity index (χ4n) is 14.1. The van der Waals surface area contributed by atoms with E-state index in [0.717, 1.165) is 11.1 Å². The average Bonchev–Trinajstić information content (AvgIpc) is 1.71. The first-order valence-corrected chi connectivity index (χ1v) is 40.5. The number of nitrogens with two attached hydrogens (primary N) is 1. The maximum Gasteiger partial charge on any atom is 0.255 e. The Labute approximate surface area is 697 Å². The van der Waals surface area contributed by atoms with Gasteiger partial charge in [0.05, 0.1) is 68.6 Å². The molecule has 4 aliphatic rings. The summed E-state index contributed by atoms with van der Waals surface area (Å²) in [5, 5.41) is 78.1. The molecule has 0 saturated heterocycles. The van der Waals surface area contributed by atoms with E-state index in [9.17, 15) is 73.2 Å². The molecule has 0 fully saturated rings. The van der Waals surface area contributed by atoms with Gasteiger partial charge in [-0.05, 0) is 104 Å². The lowest BCUT2D eigenvalue weighted by Crippen LogP contribution is -2.49. The molecule has 0 spiro atoms. The number of hydrogen-bond acceptors (Lipinski definition) is 25. The molecule has 5 aromatic carbocycles. The molecule has 7 heterocycles. The maximum atomic E-state index is 14.7. The van der Waals surface area contributed by atoms with Crippen LogP contribution in [0.3, 0.4) is 0 Å². The van der Waals surface area contributed by atoms with E-state index in [1.807, 2.05) is 43.9 Å². The molecular formula is C84H103N21O16. The number of para-hydroxylation sites is 4. The number of ether oxygens (including phenoxy) is 1. The summed E-state index contributed by atoms with van der Waals surface area (Å²) in [7, 11) is 0. The van der Waals surface area contributed by atoms with E-state index in [1.54, 1.807) is 12.1 Å². The quantitative estimate of drug-likeness (QED) is 0.0486. The summed E-state index contributed by atoms with van der Waals surface area (Å²) < 4.78 is 5.86. The van der Waals surface area contributed by atoms with Crippen molar-refractivity contribution in [2.45, 2.75) is 83.5 Å². The van der Waals surface area contributed by atoms with Gasteiger partial charge in [0, 0.05) is 163 Å². The number of aromatic hydroxyl groups is 4. The molecule has 37 heteroatoms. The fraction of sp³-hybridized carbons (Fsp3) is 0.393. The first-order valence-electron chi connectivity index (χ1n) is 40.5. The van der Waals surface area contributed by atoms with Crippen molar-refractivity contribution in [2.24, 2.45) is 0 Å². The zero-order valence-corrected chi connectivity index (χ0v) is 67.1. The van der Waals surface area contributed by atoms with Gasteiger partial charge in [-0.1, -0.05) is 61.4 Å². The molecule has 0 saturated carbocycles.